The lowest BCUT2D eigenvalue weighted by Gasteiger charge is -2.28. The Hall–Kier alpha value is -2.15. The van der Waals surface area contributed by atoms with Crippen molar-refractivity contribution in [3.63, 3.8) is 0 Å². The molecule has 1 fully saturated rings. The molecular formula is C21H25ClFN3O2. The van der Waals surface area contributed by atoms with Gasteiger partial charge in [-0.3, -0.25) is 4.90 Å². The van der Waals surface area contributed by atoms with Crippen molar-refractivity contribution in [2.24, 2.45) is 0 Å². The summed E-state index contributed by atoms with van der Waals surface area (Å²) in [5, 5.41) is 3.44. The van der Waals surface area contributed by atoms with E-state index >= 15 is 0 Å². The number of carbonyl (C=O) groups excluding carboxylic acids is 1. The number of nitrogens with one attached hydrogen (secondary N) is 1. The number of urea groups is 1. The Balaban J connectivity index is 1.63. The highest BCUT2D eigenvalue weighted by molar-refractivity contribution is 6.30. The largest absolute Gasteiger partial charge is 0.379 e. The molecule has 0 bridgehead atoms. The Kier molecular flexibility index (Phi) is 7.65. The fourth-order valence-corrected chi connectivity index (χ4v) is 3.38. The van der Waals surface area contributed by atoms with Gasteiger partial charge in [-0.25, -0.2) is 9.18 Å². The summed E-state index contributed by atoms with van der Waals surface area (Å²) in [5.74, 6) is -0.305. The topological polar surface area (TPSA) is 44.8 Å². The average Bonchev–Trinajstić information content (AvgIpc) is 2.68. The molecule has 28 heavy (non-hydrogen) atoms. The standard InChI is InChI=1S/C21H25ClFN3O2/c22-18-5-2-7-20(15-18)24-21(27)26(16-17-4-1-6-19(23)14-17)9-3-8-25-10-12-28-13-11-25/h1-2,4-7,14-15H,3,8-13,16H2,(H,24,27). The third kappa shape index (κ3) is 6.48. The molecule has 1 saturated heterocycles. The number of anilines is 1. The SMILES string of the molecule is O=C(Nc1cccc(Cl)c1)N(CCCN1CCOCC1)Cc1cccc(F)c1. The monoisotopic (exact) mass is 405 g/mol. The Morgan fingerprint density at radius 2 is 1.96 bits per heavy atom. The first-order chi connectivity index (χ1) is 13.6. The lowest BCUT2D eigenvalue weighted by Crippen LogP contribution is -2.40. The van der Waals surface area contributed by atoms with Crippen molar-refractivity contribution < 1.29 is 13.9 Å². The summed E-state index contributed by atoms with van der Waals surface area (Å²) in [6.45, 7) is 5.14. The first-order valence-corrected chi connectivity index (χ1v) is 9.84. The molecule has 1 aliphatic rings. The molecule has 0 radical (unpaired) electrons. The molecule has 2 aromatic carbocycles. The van der Waals surface area contributed by atoms with Crippen molar-refractivity contribution in [2.45, 2.75) is 13.0 Å². The molecule has 150 valence electrons. The number of benzene rings is 2. The Bertz CT molecular complexity index is 784. The zero-order chi connectivity index (χ0) is 19.8. The van der Waals surface area contributed by atoms with E-state index in [9.17, 15) is 9.18 Å². The van der Waals surface area contributed by atoms with Gasteiger partial charge in [-0.1, -0.05) is 29.8 Å². The van der Waals surface area contributed by atoms with E-state index in [4.69, 9.17) is 16.3 Å². The van der Waals surface area contributed by atoms with Gasteiger partial charge >= 0.3 is 6.03 Å². The highest BCUT2D eigenvalue weighted by Crippen LogP contribution is 2.16. The van der Waals surface area contributed by atoms with E-state index in [0.29, 0.717) is 23.8 Å². The molecule has 1 N–H and O–H groups in total. The van der Waals surface area contributed by atoms with Gasteiger partial charge in [-0.2, -0.15) is 0 Å². The zero-order valence-electron chi connectivity index (χ0n) is 15.7. The maximum Gasteiger partial charge on any atom is 0.322 e. The normalized spacial score (nSPS) is 14.6. The highest BCUT2D eigenvalue weighted by Gasteiger charge is 2.16. The first-order valence-electron chi connectivity index (χ1n) is 9.46. The minimum absolute atomic E-state index is 0.228. The molecule has 0 aliphatic carbocycles. The van der Waals surface area contributed by atoms with E-state index in [0.717, 1.165) is 44.8 Å². The van der Waals surface area contributed by atoms with Crippen LogP contribution < -0.4 is 5.32 Å². The molecule has 0 spiro atoms. The van der Waals surface area contributed by atoms with E-state index in [-0.39, 0.29) is 11.8 Å². The fraction of sp³-hybridized carbons (Fsp3) is 0.381. The fourth-order valence-electron chi connectivity index (χ4n) is 3.19. The van der Waals surface area contributed by atoms with E-state index in [2.05, 4.69) is 10.2 Å². The molecule has 2 aromatic rings. The second kappa shape index (κ2) is 10.4. The third-order valence-corrected chi connectivity index (χ3v) is 4.87. The van der Waals surface area contributed by atoms with Crippen molar-refractivity contribution in [3.05, 3.63) is 64.9 Å². The van der Waals surface area contributed by atoms with Crippen LogP contribution in [0.25, 0.3) is 0 Å². The molecule has 5 nitrogen and oxygen atoms in total. The molecular weight excluding hydrogens is 381 g/mol. The van der Waals surface area contributed by atoms with Crippen molar-refractivity contribution in [1.82, 2.24) is 9.80 Å². The van der Waals surface area contributed by atoms with Gasteiger partial charge in [0.15, 0.2) is 0 Å². The first kappa shape index (κ1) is 20.6. The molecule has 1 heterocycles. The van der Waals surface area contributed by atoms with Crippen LogP contribution in [0.5, 0.6) is 0 Å². The second-order valence-corrected chi connectivity index (χ2v) is 7.24. The van der Waals surface area contributed by atoms with E-state index < -0.39 is 0 Å². The molecule has 0 saturated carbocycles. The van der Waals surface area contributed by atoms with Crippen LogP contribution in [-0.2, 0) is 11.3 Å². The summed E-state index contributed by atoms with van der Waals surface area (Å²) < 4.78 is 18.9. The van der Waals surface area contributed by atoms with Crippen LogP contribution in [-0.4, -0.2) is 55.2 Å². The summed E-state index contributed by atoms with van der Waals surface area (Å²) >= 11 is 6.00. The van der Waals surface area contributed by atoms with Crippen molar-refractivity contribution in [3.8, 4) is 0 Å². The quantitative estimate of drug-likeness (QED) is 0.749. The van der Waals surface area contributed by atoms with Gasteiger partial charge in [0, 0.05) is 43.4 Å². The molecule has 7 heteroatoms. The summed E-state index contributed by atoms with van der Waals surface area (Å²) in [4.78, 5) is 16.9. The third-order valence-electron chi connectivity index (χ3n) is 4.63. The molecule has 0 aromatic heterocycles. The van der Waals surface area contributed by atoms with Crippen LogP contribution in [0.2, 0.25) is 5.02 Å². The number of halogens is 2. The summed E-state index contributed by atoms with van der Waals surface area (Å²) in [6, 6.07) is 13.1. The lowest BCUT2D eigenvalue weighted by molar-refractivity contribution is 0.0365. The molecule has 1 aliphatic heterocycles. The number of amides is 2. The smallest absolute Gasteiger partial charge is 0.322 e. The van der Waals surface area contributed by atoms with Gasteiger partial charge in [0.25, 0.3) is 0 Å². The minimum Gasteiger partial charge on any atom is -0.379 e. The van der Waals surface area contributed by atoms with Crippen molar-refractivity contribution in [2.75, 3.05) is 44.7 Å². The number of ether oxygens (including phenoxy) is 1. The number of rotatable bonds is 7. The van der Waals surface area contributed by atoms with Crippen molar-refractivity contribution >= 4 is 23.3 Å². The van der Waals surface area contributed by atoms with E-state index in [1.54, 1.807) is 35.2 Å². The predicted octanol–water partition coefficient (Wildman–Crippen LogP) is 4.24. The number of nitrogens with zero attached hydrogens (tertiary/aromatic N) is 2. The van der Waals surface area contributed by atoms with Crippen LogP contribution in [0.3, 0.4) is 0 Å². The van der Waals surface area contributed by atoms with Crippen LogP contribution >= 0.6 is 11.6 Å². The number of carbonyl (C=O) groups is 1. The highest BCUT2D eigenvalue weighted by atomic mass is 35.5. The van der Waals surface area contributed by atoms with Crippen molar-refractivity contribution in [1.29, 1.82) is 0 Å². The maximum atomic E-state index is 13.6. The van der Waals surface area contributed by atoms with Gasteiger partial charge in [-0.15, -0.1) is 0 Å². The van der Waals surface area contributed by atoms with Gasteiger partial charge in [-0.05, 0) is 42.3 Å². The van der Waals surface area contributed by atoms with Crippen LogP contribution in [0.1, 0.15) is 12.0 Å². The second-order valence-electron chi connectivity index (χ2n) is 6.80. The summed E-state index contributed by atoms with van der Waals surface area (Å²) in [6.07, 6.45) is 0.832. The molecule has 0 atom stereocenters. The van der Waals surface area contributed by atoms with Gasteiger partial charge in [0.05, 0.1) is 13.2 Å². The average molecular weight is 406 g/mol. The minimum atomic E-state index is -0.305. The zero-order valence-corrected chi connectivity index (χ0v) is 16.5. The Morgan fingerprint density at radius 1 is 1.18 bits per heavy atom. The van der Waals surface area contributed by atoms with Crippen LogP contribution in [0.15, 0.2) is 48.5 Å². The van der Waals surface area contributed by atoms with Gasteiger partial charge in [0.1, 0.15) is 5.82 Å². The molecule has 2 amide bonds. The Morgan fingerprint density at radius 3 is 2.71 bits per heavy atom. The number of morpholine rings is 1. The van der Waals surface area contributed by atoms with E-state index in [1.807, 2.05) is 6.07 Å². The lowest BCUT2D eigenvalue weighted by atomic mass is 10.2. The number of hydrogen-bond acceptors (Lipinski definition) is 3. The summed E-state index contributed by atoms with van der Waals surface area (Å²) in [5.41, 5.74) is 1.39. The molecule has 3 rings (SSSR count). The Labute approximate surface area is 170 Å². The maximum absolute atomic E-state index is 13.6. The van der Waals surface area contributed by atoms with Gasteiger partial charge in [0.2, 0.25) is 0 Å². The van der Waals surface area contributed by atoms with Gasteiger partial charge < -0.3 is 15.0 Å². The predicted molar refractivity (Wildman–Crippen MR) is 109 cm³/mol. The molecule has 0 unspecified atom stereocenters. The summed E-state index contributed by atoms with van der Waals surface area (Å²) in [7, 11) is 0. The van der Waals surface area contributed by atoms with Crippen LogP contribution in [0, 0.1) is 5.82 Å². The number of hydrogen-bond donors (Lipinski definition) is 1. The van der Waals surface area contributed by atoms with E-state index in [1.165, 1.54) is 12.1 Å². The van der Waals surface area contributed by atoms with Crippen LogP contribution in [0.4, 0.5) is 14.9 Å².